The van der Waals surface area contributed by atoms with Crippen molar-refractivity contribution in [3.05, 3.63) is 95.7 Å². The number of allylic oxidation sites excluding steroid dienone is 4. The van der Waals surface area contributed by atoms with Crippen LogP contribution in [0.4, 0.5) is 0 Å². The van der Waals surface area contributed by atoms with Gasteiger partial charge in [-0.1, -0.05) is 38.1 Å². The van der Waals surface area contributed by atoms with E-state index in [-0.39, 0.29) is 0 Å². The molecule has 0 radical (unpaired) electrons. The van der Waals surface area contributed by atoms with Gasteiger partial charge in [0.25, 0.3) is 0 Å². The molecule has 1 aliphatic rings. The quantitative estimate of drug-likeness (QED) is 0.200. The molecule has 5 rings (SSSR count). The van der Waals surface area contributed by atoms with Crippen LogP contribution in [0.15, 0.2) is 89.6 Å². The molecule has 0 amide bonds. The molecule has 1 nitrogen and oxygen atoms in total. The van der Waals surface area contributed by atoms with E-state index in [9.17, 15) is 0 Å². The Morgan fingerprint density at radius 3 is 2.17 bits per heavy atom. The van der Waals surface area contributed by atoms with Gasteiger partial charge in [0.1, 0.15) is 0 Å². The normalized spacial score (nSPS) is 12.9. The first kappa shape index (κ1) is 22.1. The number of nitrogens with zero attached hydrogens (tertiary/aromatic N) is 1. The Morgan fingerprint density at radius 1 is 0.931 bits per heavy atom. The predicted molar refractivity (Wildman–Crippen MR) is 124 cm³/mol. The average Bonchev–Trinajstić information content (AvgIpc) is 3.42. The fourth-order valence-corrected chi connectivity index (χ4v) is 3.43. The second-order valence-electron chi connectivity index (χ2n) is 7.04. The molecule has 1 heterocycles. The number of halogens is 2. The first-order chi connectivity index (χ1) is 14.0. The standard InChI is InChI=1S/C17H12N.C8H11.2ClH.Ti/c1-2-7-15-12-16(11-14(15)6-1)18-10-9-13-5-3-4-8-17(13)18;1-6-4-5-7(2)8(6)3;;;/h1-12H;4H2,1-3H3;2*1H;/q2*-1;;;+2/p-2. The Hall–Kier alpha value is -1.64. The maximum atomic E-state index is 4.89. The molecule has 1 aliphatic carbocycles. The summed E-state index contributed by atoms with van der Waals surface area (Å²) < 4.78 is 2.25. The molecule has 0 N–H and O–H groups in total. The van der Waals surface area contributed by atoms with E-state index in [1.54, 1.807) is 0 Å². The zero-order chi connectivity index (χ0) is 20.8. The first-order valence-electron chi connectivity index (χ1n) is 9.47. The molecule has 0 saturated carbocycles. The minimum absolute atomic E-state index is 0.556. The van der Waals surface area contributed by atoms with Crippen molar-refractivity contribution < 1.29 is 17.0 Å². The van der Waals surface area contributed by atoms with Gasteiger partial charge in [-0.15, -0.1) is 54.4 Å². The number of hydrogen-bond donors (Lipinski definition) is 0. The van der Waals surface area contributed by atoms with Crippen LogP contribution in [0.2, 0.25) is 0 Å². The number of para-hydroxylation sites is 1. The van der Waals surface area contributed by atoms with Crippen LogP contribution in [-0.4, -0.2) is 4.57 Å². The van der Waals surface area contributed by atoms with Crippen LogP contribution in [0.5, 0.6) is 0 Å². The summed E-state index contributed by atoms with van der Waals surface area (Å²) in [5.41, 5.74) is 6.74. The smallest absolute Gasteiger partial charge is 0.0511 e. The monoisotopic (exact) mass is 455 g/mol. The molecule has 4 heteroatoms. The van der Waals surface area contributed by atoms with Crippen LogP contribution in [0.3, 0.4) is 0 Å². The van der Waals surface area contributed by atoms with Crippen LogP contribution in [0.25, 0.3) is 27.4 Å². The zero-order valence-corrected chi connectivity index (χ0v) is 19.9. The van der Waals surface area contributed by atoms with Gasteiger partial charge in [-0.2, -0.15) is 11.1 Å². The largest absolute Gasteiger partial charge is 0.335 e. The summed E-state index contributed by atoms with van der Waals surface area (Å²) in [5.74, 6) is 0. The molecule has 29 heavy (non-hydrogen) atoms. The van der Waals surface area contributed by atoms with Gasteiger partial charge in [0.05, 0.1) is 5.52 Å². The summed E-state index contributed by atoms with van der Waals surface area (Å²) in [5, 5.41) is 3.87. The van der Waals surface area contributed by atoms with Gasteiger partial charge in [0, 0.05) is 6.20 Å². The van der Waals surface area contributed by atoms with E-state index in [1.807, 2.05) is 0 Å². The third kappa shape index (κ3) is 5.30. The molecular formula is C25H23Cl2NTi-2. The minimum atomic E-state index is -0.556. The number of aromatic nitrogens is 1. The van der Waals surface area contributed by atoms with E-state index >= 15 is 0 Å². The molecule has 0 saturated heterocycles. The van der Waals surface area contributed by atoms with Crippen molar-refractivity contribution in [2.24, 2.45) is 0 Å². The molecule has 0 atom stereocenters. The Morgan fingerprint density at radius 2 is 1.59 bits per heavy atom. The van der Waals surface area contributed by atoms with Crippen molar-refractivity contribution in [2.75, 3.05) is 0 Å². The fraction of sp³-hybridized carbons (Fsp3) is 0.160. The Labute approximate surface area is 189 Å². The summed E-state index contributed by atoms with van der Waals surface area (Å²) >= 11 is -0.556. The maximum Gasteiger partial charge on any atom is 0.0511 e. The van der Waals surface area contributed by atoms with Crippen LogP contribution < -0.4 is 0 Å². The van der Waals surface area contributed by atoms with Crippen LogP contribution in [-0.2, 0) is 17.0 Å². The van der Waals surface area contributed by atoms with E-state index in [0.717, 1.165) is 6.42 Å². The first-order valence-corrected chi connectivity index (χ1v) is 13.8. The fourth-order valence-electron chi connectivity index (χ4n) is 3.43. The number of benzene rings is 2. The van der Waals surface area contributed by atoms with E-state index in [1.165, 1.54) is 44.1 Å². The van der Waals surface area contributed by atoms with E-state index in [4.69, 9.17) is 18.6 Å². The summed E-state index contributed by atoms with van der Waals surface area (Å²) in [6.45, 7) is 6.44. The van der Waals surface area contributed by atoms with Gasteiger partial charge < -0.3 is 4.57 Å². The minimum Gasteiger partial charge on any atom is -0.335 e. The van der Waals surface area contributed by atoms with E-state index < -0.39 is 17.0 Å². The van der Waals surface area contributed by atoms with Gasteiger partial charge >= 0.3 is 35.6 Å². The molecule has 1 aromatic heterocycles. The van der Waals surface area contributed by atoms with Crippen molar-refractivity contribution in [3.63, 3.8) is 0 Å². The Balaban J connectivity index is 0.000000183. The van der Waals surface area contributed by atoms with Crippen LogP contribution >= 0.6 is 18.6 Å². The van der Waals surface area contributed by atoms with Crippen molar-refractivity contribution >= 4 is 40.3 Å². The Bertz CT molecular complexity index is 1130. The van der Waals surface area contributed by atoms with Gasteiger partial charge in [-0.25, -0.2) is 5.57 Å². The van der Waals surface area contributed by atoms with Gasteiger partial charge in [0.2, 0.25) is 0 Å². The SMILES string of the molecule is CC1=[C-]CC(C)=C1C.[Cl][Ti][Cl].c1ccc2[cH-]c(-n3ccc4ccccc43)cc2c1. The van der Waals surface area contributed by atoms with Crippen molar-refractivity contribution in [3.8, 4) is 5.69 Å². The Kier molecular flexibility index (Phi) is 7.92. The molecular weight excluding hydrogens is 433 g/mol. The second-order valence-corrected chi connectivity index (χ2v) is 9.62. The van der Waals surface area contributed by atoms with Crippen LogP contribution in [0.1, 0.15) is 27.2 Å². The van der Waals surface area contributed by atoms with Crippen molar-refractivity contribution in [1.82, 2.24) is 4.57 Å². The van der Waals surface area contributed by atoms with E-state index in [2.05, 4.69) is 104 Å². The third-order valence-corrected chi connectivity index (χ3v) is 5.30. The van der Waals surface area contributed by atoms with Crippen molar-refractivity contribution in [1.29, 1.82) is 0 Å². The van der Waals surface area contributed by atoms with Crippen molar-refractivity contribution in [2.45, 2.75) is 27.2 Å². The molecule has 0 bridgehead atoms. The summed E-state index contributed by atoms with van der Waals surface area (Å²) in [6.07, 6.45) is 6.45. The predicted octanol–water partition coefficient (Wildman–Crippen LogP) is 8.36. The van der Waals surface area contributed by atoms with Gasteiger partial charge in [-0.3, -0.25) is 6.08 Å². The number of hydrogen-bond acceptors (Lipinski definition) is 0. The van der Waals surface area contributed by atoms with Gasteiger partial charge in [-0.05, 0) is 23.2 Å². The summed E-state index contributed by atoms with van der Waals surface area (Å²) in [6, 6.07) is 23.6. The molecule has 0 spiro atoms. The second kappa shape index (κ2) is 10.4. The molecule has 3 aromatic carbocycles. The molecule has 0 aliphatic heterocycles. The molecule has 0 fully saturated rings. The third-order valence-electron chi connectivity index (χ3n) is 5.30. The maximum absolute atomic E-state index is 4.89. The van der Waals surface area contributed by atoms with Crippen LogP contribution in [0, 0.1) is 6.08 Å². The number of rotatable bonds is 1. The van der Waals surface area contributed by atoms with E-state index in [0.29, 0.717) is 0 Å². The van der Waals surface area contributed by atoms with Gasteiger partial charge in [0.15, 0.2) is 0 Å². The molecule has 4 aromatic rings. The molecule has 0 unspecified atom stereocenters. The zero-order valence-electron chi connectivity index (χ0n) is 16.8. The summed E-state index contributed by atoms with van der Waals surface area (Å²) in [4.78, 5) is 0. The average molecular weight is 456 g/mol. The topological polar surface area (TPSA) is 4.93 Å². The number of fused-ring (bicyclic) bond motifs is 2. The summed E-state index contributed by atoms with van der Waals surface area (Å²) in [7, 11) is 9.78. The molecule has 148 valence electrons.